The number of Topliss-reactive ketones (excluding diaryl/α,β-unsaturated/α-hetero) is 1. The molecule has 1 saturated carbocycles. The molecule has 38 heavy (non-hydrogen) atoms. The van der Waals surface area contributed by atoms with Crippen molar-refractivity contribution >= 4 is 23.3 Å². The topological polar surface area (TPSA) is 77.2 Å². The maximum Gasteiger partial charge on any atom is 0.416 e. The van der Waals surface area contributed by atoms with Gasteiger partial charge in [-0.25, -0.2) is 9.48 Å². The largest absolute Gasteiger partial charge is 0.416 e. The van der Waals surface area contributed by atoms with E-state index in [2.05, 4.69) is 5.10 Å². The summed E-state index contributed by atoms with van der Waals surface area (Å²) < 4.78 is 44.1. The van der Waals surface area contributed by atoms with Gasteiger partial charge in [-0.05, 0) is 61.6 Å². The fourth-order valence-corrected chi connectivity index (χ4v) is 5.11. The minimum absolute atomic E-state index is 0.0276. The fourth-order valence-electron chi connectivity index (χ4n) is 4.99. The van der Waals surface area contributed by atoms with Crippen molar-refractivity contribution in [1.29, 1.82) is 0 Å². The molecule has 0 bridgehead atoms. The minimum atomic E-state index is -4.68. The van der Waals surface area contributed by atoms with E-state index in [1.165, 1.54) is 23.1 Å². The molecule has 2 fully saturated rings. The Morgan fingerprint density at radius 1 is 1.03 bits per heavy atom. The van der Waals surface area contributed by atoms with Crippen LogP contribution in [0.25, 0.3) is 11.4 Å². The number of hydrogen-bond donors (Lipinski definition) is 0. The molecule has 3 aromatic rings. The summed E-state index contributed by atoms with van der Waals surface area (Å²) >= 11 is 5.99. The summed E-state index contributed by atoms with van der Waals surface area (Å²) in [6, 6.07) is 11.6. The molecule has 1 amide bonds. The van der Waals surface area contributed by atoms with E-state index in [-0.39, 0.29) is 11.6 Å². The van der Waals surface area contributed by atoms with E-state index >= 15 is 0 Å². The highest BCUT2D eigenvalue weighted by atomic mass is 35.5. The summed E-state index contributed by atoms with van der Waals surface area (Å²) in [6.07, 6.45) is -2.02. The Balaban J connectivity index is 1.45. The Labute approximate surface area is 221 Å². The van der Waals surface area contributed by atoms with Crippen molar-refractivity contribution in [1.82, 2.24) is 19.2 Å². The first kappa shape index (κ1) is 26.2. The van der Waals surface area contributed by atoms with Gasteiger partial charge in [0.15, 0.2) is 11.6 Å². The van der Waals surface area contributed by atoms with Crippen LogP contribution < -0.4 is 5.69 Å². The Hall–Kier alpha value is -3.40. The zero-order valence-corrected chi connectivity index (χ0v) is 21.2. The average molecular weight is 547 g/mol. The van der Waals surface area contributed by atoms with Crippen LogP contribution in [0.2, 0.25) is 5.02 Å². The van der Waals surface area contributed by atoms with Crippen LogP contribution in [0.5, 0.6) is 0 Å². The number of amides is 1. The molecule has 1 aliphatic heterocycles. The molecule has 200 valence electrons. The summed E-state index contributed by atoms with van der Waals surface area (Å²) in [5, 5.41) is 4.92. The van der Waals surface area contributed by atoms with Crippen LogP contribution in [0.4, 0.5) is 13.2 Å². The molecule has 1 aromatic heterocycles. The first-order chi connectivity index (χ1) is 18.1. The second-order valence-electron chi connectivity index (χ2n) is 9.78. The molecular weight excluding hydrogens is 521 g/mol. The molecule has 1 unspecified atom stereocenters. The van der Waals surface area contributed by atoms with Crippen molar-refractivity contribution in [2.45, 2.75) is 56.8 Å². The van der Waals surface area contributed by atoms with Gasteiger partial charge >= 0.3 is 11.9 Å². The predicted molar refractivity (Wildman–Crippen MR) is 135 cm³/mol. The van der Waals surface area contributed by atoms with Gasteiger partial charge in [-0.1, -0.05) is 29.8 Å². The third-order valence-electron chi connectivity index (χ3n) is 7.00. The predicted octanol–water partition coefficient (Wildman–Crippen LogP) is 5.08. The van der Waals surface area contributed by atoms with Gasteiger partial charge in [0.1, 0.15) is 6.54 Å². The molecule has 1 saturated heterocycles. The zero-order chi connectivity index (χ0) is 27.0. The van der Waals surface area contributed by atoms with Crippen LogP contribution in [0.15, 0.2) is 53.3 Å². The average Bonchev–Trinajstić information content (AvgIpc) is 3.46. The monoisotopic (exact) mass is 546 g/mol. The van der Waals surface area contributed by atoms with Crippen LogP contribution in [0, 0.1) is 0 Å². The second-order valence-corrected chi connectivity index (χ2v) is 10.2. The van der Waals surface area contributed by atoms with E-state index in [1.54, 1.807) is 28.8 Å². The third kappa shape index (κ3) is 5.41. The summed E-state index contributed by atoms with van der Waals surface area (Å²) in [5.74, 6) is -1.97. The number of aromatic nitrogens is 3. The second kappa shape index (κ2) is 10.4. The Kier molecular flexibility index (Phi) is 7.17. The molecule has 2 aromatic carbocycles. The lowest BCUT2D eigenvalue weighted by Gasteiger charge is -2.25. The lowest BCUT2D eigenvalue weighted by molar-refractivity contribution is -0.140. The summed E-state index contributed by atoms with van der Waals surface area (Å²) in [6.45, 7) is 0.429. The highest BCUT2D eigenvalue weighted by Gasteiger charge is 2.39. The number of benzene rings is 2. The van der Waals surface area contributed by atoms with Crippen molar-refractivity contribution in [3.05, 3.63) is 75.2 Å². The quantitative estimate of drug-likeness (QED) is 0.395. The first-order valence-electron chi connectivity index (χ1n) is 12.6. The van der Waals surface area contributed by atoms with E-state index in [4.69, 9.17) is 11.6 Å². The van der Waals surface area contributed by atoms with Gasteiger partial charge in [0.25, 0.3) is 0 Å². The number of nitrogens with zero attached hydrogens (tertiary/aromatic N) is 4. The van der Waals surface area contributed by atoms with Crippen LogP contribution in [-0.4, -0.2) is 44.0 Å². The number of ketones is 1. The van der Waals surface area contributed by atoms with Crippen LogP contribution in [-0.2, 0) is 22.3 Å². The van der Waals surface area contributed by atoms with Crippen molar-refractivity contribution in [2.75, 3.05) is 13.1 Å². The Bertz CT molecular complexity index is 1400. The number of carbonyl (C=O) groups excluding carboxylic acids is 2. The van der Waals surface area contributed by atoms with Crippen molar-refractivity contribution in [2.24, 2.45) is 0 Å². The normalized spacial score (nSPS) is 16.6. The molecule has 11 heteroatoms. The van der Waals surface area contributed by atoms with Crippen molar-refractivity contribution < 1.29 is 22.8 Å². The highest BCUT2D eigenvalue weighted by Crippen LogP contribution is 2.38. The van der Waals surface area contributed by atoms with Gasteiger partial charge in [-0.2, -0.15) is 13.2 Å². The molecule has 0 radical (unpaired) electrons. The van der Waals surface area contributed by atoms with Crippen LogP contribution in [0.3, 0.4) is 0 Å². The minimum Gasteiger partial charge on any atom is -0.342 e. The molecule has 5 rings (SSSR count). The molecule has 1 aliphatic carbocycles. The SMILES string of the molecule is O=C(CC(C(=O)N1CCCC1)c1ccccc1C(F)(F)F)Cn1nc(-c2ccc(Cl)cc2)n(C2CC2)c1=O. The lowest BCUT2D eigenvalue weighted by atomic mass is 9.88. The number of likely N-dealkylation sites (tertiary alicyclic amines) is 1. The number of carbonyl (C=O) groups is 2. The van der Waals surface area contributed by atoms with Gasteiger partial charge < -0.3 is 4.90 Å². The summed E-state index contributed by atoms with van der Waals surface area (Å²) in [4.78, 5) is 41.3. The highest BCUT2D eigenvalue weighted by molar-refractivity contribution is 6.30. The van der Waals surface area contributed by atoms with Gasteiger partial charge in [0.05, 0.1) is 11.5 Å². The first-order valence-corrected chi connectivity index (χ1v) is 12.9. The maximum absolute atomic E-state index is 13.8. The van der Waals surface area contributed by atoms with Gasteiger partial charge in [0, 0.05) is 36.1 Å². The van der Waals surface area contributed by atoms with Crippen LogP contribution in [0.1, 0.15) is 55.2 Å². The molecule has 7 nitrogen and oxygen atoms in total. The maximum atomic E-state index is 13.8. The zero-order valence-electron chi connectivity index (χ0n) is 20.5. The van der Waals surface area contributed by atoms with Crippen molar-refractivity contribution in [3.8, 4) is 11.4 Å². The Morgan fingerprint density at radius 3 is 2.32 bits per heavy atom. The van der Waals surface area contributed by atoms with Crippen LogP contribution >= 0.6 is 11.6 Å². The molecular formula is C27H26ClF3N4O3. The molecule has 0 spiro atoms. The van der Waals surface area contributed by atoms with E-state index in [1.807, 2.05) is 0 Å². The van der Waals surface area contributed by atoms with E-state index in [0.717, 1.165) is 36.4 Å². The smallest absolute Gasteiger partial charge is 0.342 e. The molecule has 2 heterocycles. The van der Waals surface area contributed by atoms with Gasteiger partial charge in [-0.3, -0.25) is 14.2 Å². The third-order valence-corrected chi connectivity index (χ3v) is 7.25. The number of alkyl halides is 3. The lowest BCUT2D eigenvalue weighted by Crippen LogP contribution is -2.35. The standard InChI is InChI=1S/C27H26ClF3N4O3/c28-18-9-7-17(8-10-18)24-32-34(26(38)35(24)19-11-12-19)16-20(36)15-22(25(37)33-13-3-4-14-33)21-5-1-2-6-23(21)27(29,30)31/h1-2,5-10,19,22H,3-4,11-16H2. The number of halogens is 4. The van der Waals surface area contributed by atoms with E-state index in [0.29, 0.717) is 29.5 Å². The summed E-state index contributed by atoms with van der Waals surface area (Å²) in [5.41, 5.74) is -0.983. The van der Waals surface area contributed by atoms with E-state index < -0.39 is 48.0 Å². The molecule has 1 atom stereocenters. The Morgan fingerprint density at radius 2 is 1.68 bits per heavy atom. The molecule has 2 aliphatic rings. The van der Waals surface area contributed by atoms with Gasteiger partial charge in [0.2, 0.25) is 5.91 Å². The molecule has 0 N–H and O–H groups in total. The van der Waals surface area contributed by atoms with E-state index in [9.17, 15) is 27.6 Å². The van der Waals surface area contributed by atoms with Gasteiger partial charge in [-0.15, -0.1) is 5.10 Å². The number of rotatable bonds is 8. The fraction of sp³-hybridized carbons (Fsp3) is 0.407. The number of hydrogen-bond acceptors (Lipinski definition) is 4. The van der Waals surface area contributed by atoms with Crippen molar-refractivity contribution in [3.63, 3.8) is 0 Å². The summed E-state index contributed by atoms with van der Waals surface area (Å²) in [7, 11) is 0.